The molecule has 1 aromatic heterocycles. The normalized spacial score (nSPS) is 19.1. The van der Waals surface area contributed by atoms with Gasteiger partial charge in [0.2, 0.25) is 0 Å². The molecule has 2 aromatic rings. The Kier molecular flexibility index (Phi) is 5.57. The Hall–Kier alpha value is -1.90. The summed E-state index contributed by atoms with van der Waals surface area (Å²) in [5.74, 6) is -1.82. The first-order valence-electron chi connectivity index (χ1n) is 8.84. The van der Waals surface area contributed by atoms with Gasteiger partial charge < -0.3 is 9.47 Å². The maximum Gasteiger partial charge on any atom is 0.387 e. The summed E-state index contributed by atoms with van der Waals surface area (Å²) in [4.78, 5) is 31.2. The summed E-state index contributed by atoms with van der Waals surface area (Å²) in [6, 6.07) is 4.15. The molecular formula is C20H20ClF2NO4S. The van der Waals surface area contributed by atoms with Gasteiger partial charge in [-0.1, -0.05) is 11.6 Å². The molecule has 156 valence electrons. The third-order valence-corrected chi connectivity index (χ3v) is 6.06. The average Bonchev–Trinajstić information content (AvgIpc) is 2.94. The van der Waals surface area contributed by atoms with E-state index >= 15 is 0 Å². The molecule has 0 unspecified atom stereocenters. The molecule has 3 rings (SSSR count). The maximum absolute atomic E-state index is 13.0. The summed E-state index contributed by atoms with van der Waals surface area (Å²) in [7, 11) is 0. The lowest BCUT2D eigenvalue weighted by molar-refractivity contribution is -0.184. The Morgan fingerprint density at radius 2 is 1.76 bits per heavy atom. The first kappa shape index (κ1) is 21.8. The van der Waals surface area contributed by atoms with Crippen LogP contribution in [0.2, 0.25) is 5.02 Å². The number of Topliss-reactive ketones (excluding diaryl/α,β-unsaturated/α-hetero) is 2. The number of hydrogen-bond acceptors (Lipinski definition) is 6. The van der Waals surface area contributed by atoms with Gasteiger partial charge >= 0.3 is 6.61 Å². The topological polar surface area (TPSA) is 65.5 Å². The van der Waals surface area contributed by atoms with E-state index in [0.29, 0.717) is 21.1 Å². The molecule has 9 heteroatoms. The van der Waals surface area contributed by atoms with Crippen LogP contribution in [-0.4, -0.2) is 34.4 Å². The molecule has 1 aromatic carbocycles. The molecule has 0 atom stereocenters. The fourth-order valence-corrected chi connectivity index (χ4v) is 4.74. The molecule has 0 saturated carbocycles. The second kappa shape index (κ2) is 7.41. The zero-order valence-corrected chi connectivity index (χ0v) is 18.1. The predicted octanol–water partition coefficient (Wildman–Crippen LogP) is 5.18. The van der Waals surface area contributed by atoms with Crippen LogP contribution in [0.1, 0.15) is 44.2 Å². The van der Waals surface area contributed by atoms with Crippen molar-refractivity contribution in [3.63, 3.8) is 0 Å². The van der Waals surface area contributed by atoms with Crippen LogP contribution in [0.3, 0.4) is 0 Å². The first-order chi connectivity index (χ1) is 13.3. The number of alkyl halides is 2. The Morgan fingerprint density at radius 1 is 1.17 bits per heavy atom. The number of rotatable bonds is 4. The van der Waals surface area contributed by atoms with Crippen LogP contribution in [-0.2, 0) is 14.3 Å². The molecule has 0 spiro atoms. The number of aromatic nitrogens is 1. The van der Waals surface area contributed by atoms with Crippen molar-refractivity contribution in [1.82, 2.24) is 4.98 Å². The number of benzene rings is 1. The van der Waals surface area contributed by atoms with Gasteiger partial charge in [-0.3, -0.25) is 9.59 Å². The highest BCUT2D eigenvalue weighted by Crippen LogP contribution is 2.42. The quantitative estimate of drug-likeness (QED) is 0.609. The number of aryl methyl sites for hydroxylation is 1. The van der Waals surface area contributed by atoms with E-state index in [0.717, 1.165) is 0 Å². The molecule has 1 fully saturated rings. The van der Waals surface area contributed by atoms with Crippen LogP contribution in [0, 0.1) is 6.92 Å². The first-order valence-corrected chi connectivity index (χ1v) is 10.0. The number of ketones is 2. The third-order valence-electron chi connectivity index (χ3n) is 4.72. The summed E-state index contributed by atoms with van der Waals surface area (Å²) >= 11 is 7.50. The molecule has 1 aliphatic heterocycles. The van der Waals surface area contributed by atoms with Crippen molar-refractivity contribution >= 4 is 34.5 Å². The Bertz CT molecular complexity index is 961. The van der Waals surface area contributed by atoms with Gasteiger partial charge in [0, 0.05) is 10.4 Å². The van der Waals surface area contributed by atoms with Crippen LogP contribution < -0.4 is 4.74 Å². The minimum atomic E-state index is -2.96. The van der Waals surface area contributed by atoms with Crippen LogP contribution in [0.25, 0.3) is 10.6 Å². The number of halogens is 3. The molecule has 0 aliphatic carbocycles. The van der Waals surface area contributed by atoms with Gasteiger partial charge in [0.1, 0.15) is 27.9 Å². The van der Waals surface area contributed by atoms with Gasteiger partial charge in [0.05, 0.1) is 10.7 Å². The van der Waals surface area contributed by atoms with E-state index in [9.17, 15) is 18.4 Å². The molecule has 0 radical (unpaired) electrons. The van der Waals surface area contributed by atoms with Crippen LogP contribution in [0.4, 0.5) is 8.78 Å². The van der Waals surface area contributed by atoms with Crippen molar-refractivity contribution in [3.8, 4) is 16.3 Å². The molecule has 1 saturated heterocycles. The van der Waals surface area contributed by atoms with Crippen LogP contribution in [0.5, 0.6) is 5.75 Å². The number of nitrogens with zero attached hydrogens (tertiary/aromatic N) is 1. The number of carbonyl (C=O) groups is 2. The SMILES string of the molecule is Cc1sc(-c2ccc(OC(F)F)cc2Cl)nc1C1C(=O)C(C)(C)OC(C)(C)C1=O. The number of thiazole rings is 1. The monoisotopic (exact) mass is 443 g/mol. The highest BCUT2D eigenvalue weighted by molar-refractivity contribution is 7.15. The second-order valence-electron chi connectivity index (χ2n) is 7.76. The minimum Gasteiger partial charge on any atom is -0.435 e. The fraction of sp³-hybridized carbons (Fsp3) is 0.450. The minimum absolute atomic E-state index is 0.0689. The van der Waals surface area contributed by atoms with E-state index < -0.39 is 23.7 Å². The molecule has 2 heterocycles. The van der Waals surface area contributed by atoms with Gasteiger partial charge in [-0.15, -0.1) is 11.3 Å². The fourth-order valence-electron chi connectivity index (χ4n) is 3.44. The highest BCUT2D eigenvalue weighted by Gasteiger charge is 2.54. The lowest BCUT2D eigenvalue weighted by Gasteiger charge is -2.42. The Labute approximate surface area is 176 Å². The third kappa shape index (κ3) is 4.06. The standard InChI is InChI=1S/C20H20ClF2NO4S/c1-9-14(13-15(25)19(2,3)28-20(4,5)16(13)26)24-17(29-9)11-7-6-10(8-12(11)21)27-18(22)23/h6-8,13,18H,1-5H3. The molecule has 0 bridgehead atoms. The predicted molar refractivity (Wildman–Crippen MR) is 106 cm³/mol. The van der Waals surface area contributed by atoms with E-state index in [1.165, 1.54) is 29.5 Å². The lowest BCUT2D eigenvalue weighted by Crippen LogP contribution is -2.58. The molecule has 29 heavy (non-hydrogen) atoms. The Morgan fingerprint density at radius 3 is 2.28 bits per heavy atom. The smallest absolute Gasteiger partial charge is 0.387 e. The van der Waals surface area contributed by atoms with Crippen molar-refractivity contribution in [2.45, 2.75) is 58.4 Å². The summed E-state index contributed by atoms with van der Waals surface area (Å²) < 4.78 is 34.8. The van der Waals surface area contributed by atoms with E-state index in [2.05, 4.69) is 9.72 Å². The number of carbonyl (C=O) groups excluding carboxylic acids is 2. The average molecular weight is 444 g/mol. The second-order valence-corrected chi connectivity index (χ2v) is 9.38. The van der Waals surface area contributed by atoms with Crippen LogP contribution >= 0.6 is 22.9 Å². The van der Waals surface area contributed by atoms with E-state index in [1.54, 1.807) is 34.6 Å². The summed E-state index contributed by atoms with van der Waals surface area (Å²) in [5, 5.41) is 0.655. The molecule has 0 N–H and O–H groups in total. The van der Waals surface area contributed by atoms with Crippen molar-refractivity contribution in [2.24, 2.45) is 0 Å². The van der Waals surface area contributed by atoms with E-state index in [1.807, 2.05) is 0 Å². The summed E-state index contributed by atoms with van der Waals surface area (Å²) in [5.41, 5.74) is -1.40. The number of ether oxygens (including phenoxy) is 2. The molecule has 5 nitrogen and oxygen atoms in total. The van der Waals surface area contributed by atoms with Crippen molar-refractivity contribution < 1.29 is 27.8 Å². The van der Waals surface area contributed by atoms with Crippen molar-refractivity contribution in [2.75, 3.05) is 0 Å². The molecule has 1 aliphatic rings. The zero-order chi connectivity index (χ0) is 21.7. The zero-order valence-electron chi connectivity index (χ0n) is 16.5. The van der Waals surface area contributed by atoms with Gasteiger partial charge in [-0.05, 0) is 52.8 Å². The van der Waals surface area contributed by atoms with Gasteiger partial charge in [-0.2, -0.15) is 8.78 Å². The Balaban J connectivity index is 2.03. The highest BCUT2D eigenvalue weighted by atomic mass is 35.5. The summed E-state index contributed by atoms with van der Waals surface area (Å²) in [6.45, 7) is 5.36. The maximum atomic E-state index is 13.0. The largest absolute Gasteiger partial charge is 0.435 e. The lowest BCUT2D eigenvalue weighted by atomic mass is 9.76. The molecule has 0 amide bonds. The van der Waals surface area contributed by atoms with E-state index in [-0.39, 0.29) is 22.3 Å². The van der Waals surface area contributed by atoms with Gasteiger partial charge in [0.25, 0.3) is 0 Å². The van der Waals surface area contributed by atoms with Crippen molar-refractivity contribution in [3.05, 3.63) is 33.8 Å². The van der Waals surface area contributed by atoms with E-state index in [4.69, 9.17) is 16.3 Å². The number of hydrogen-bond donors (Lipinski definition) is 0. The van der Waals surface area contributed by atoms with Gasteiger partial charge in [-0.25, -0.2) is 4.98 Å². The van der Waals surface area contributed by atoms with Crippen molar-refractivity contribution in [1.29, 1.82) is 0 Å². The van der Waals surface area contributed by atoms with Crippen LogP contribution in [0.15, 0.2) is 18.2 Å². The summed E-state index contributed by atoms with van der Waals surface area (Å²) in [6.07, 6.45) is 0. The molecular weight excluding hydrogens is 424 g/mol. The van der Waals surface area contributed by atoms with Gasteiger partial charge in [0.15, 0.2) is 11.6 Å².